The molecule has 2 rings (SSSR count). The van der Waals surface area contributed by atoms with Crippen molar-refractivity contribution in [3.63, 3.8) is 0 Å². The van der Waals surface area contributed by atoms with Gasteiger partial charge in [0.25, 0.3) is 0 Å². The third-order valence-corrected chi connectivity index (χ3v) is 2.42. The van der Waals surface area contributed by atoms with Gasteiger partial charge in [0, 0.05) is 17.0 Å². The van der Waals surface area contributed by atoms with Crippen molar-refractivity contribution in [3.05, 3.63) is 34.9 Å². The number of hydrogen-bond donors (Lipinski definition) is 0. The number of thiazole rings is 1. The lowest BCUT2D eigenvalue weighted by molar-refractivity contribution is 0.411. The molecular formula is C10H8FNOS. The highest BCUT2D eigenvalue weighted by atomic mass is 32.1. The van der Waals surface area contributed by atoms with Crippen LogP contribution in [0.3, 0.4) is 0 Å². The second kappa shape index (κ2) is 3.75. The van der Waals surface area contributed by atoms with E-state index < -0.39 is 0 Å². The summed E-state index contributed by atoms with van der Waals surface area (Å²) in [5, 5.41) is 1.87. The summed E-state index contributed by atoms with van der Waals surface area (Å²) < 4.78 is 18.1. The summed E-state index contributed by atoms with van der Waals surface area (Å²) in [7, 11) is 1.51. The average molecular weight is 209 g/mol. The van der Waals surface area contributed by atoms with E-state index in [1.165, 1.54) is 30.6 Å². The Hall–Kier alpha value is -1.42. The lowest BCUT2D eigenvalue weighted by atomic mass is 10.1. The maximum Gasteiger partial charge on any atom is 0.127 e. The number of benzene rings is 1. The molecule has 4 heteroatoms. The minimum Gasteiger partial charge on any atom is -0.497 e. The van der Waals surface area contributed by atoms with Crippen molar-refractivity contribution in [1.82, 2.24) is 4.98 Å². The predicted octanol–water partition coefficient (Wildman–Crippen LogP) is 2.96. The van der Waals surface area contributed by atoms with Gasteiger partial charge in [-0.3, -0.25) is 0 Å². The summed E-state index contributed by atoms with van der Waals surface area (Å²) in [6, 6.07) is 4.55. The monoisotopic (exact) mass is 209 g/mol. The first-order valence-electron chi connectivity index (χ1n) is 4.03. The maximum atomic E-state index is 13.1. The first-order chi connectivity index (χ1) is 6.79. The number of aromatic nitrogens is 1. The molecule has 0 saturated carbocycles. The van der Waals surface area contributed by atoms with Crippen molar-refractivity contribution in [1.29, 1.82) is 0 Å². The molecule has 0 aliphatic heterocycles. The zero-order valence-electron chi connectivity index (χ0n) is 7.53. The molecule has 2 nitrogen and oxygen atoms in total. The SMILES string of the molecule is COc1cc(F)cc(-c2cscn2)c1. The predicted molar refractivity (Wildman–Crippen MR) is 54.1 cm³/mol. The second-order valence-corrected chi connectivity index (χ2v) is 3.47. The number of ether oxygens (including phenoxy) is 1. The first-order valence-corrected chi connectivity index (χ1v) is 4.97. The van der Waals surface area contributed by atoms with Crippen molar-refractivity contribution >= 4 is 11.3 Å². The number of nitrogens with zero attached hydrogens (tertiary/aromatic N) is 1. The summed E-state index contributed by atoms with van der Waals surface area (Å²) in [6.45, 7) is 0. The fourth-order valence-corrected chi connectivity index (χ4v) is 1.74. The topological polar surface area (TPSA) is 22.1 Å². The Labute approximate surface area is 85.0 Å². The van der Waals surface area contributed by atoms with E-state index in [2.05, 4.69) is 4.98 Å². The van der Waals surface area contributed by atoms with Crippen molar-refractivity contribution in [2.75, 3.05) is 7.11 Å². The zero-order valence-corrected chi connectivity index (χ0v) is 8.34. The van der Waals surface area contributed by atoms with Gasteiger partial charge in [0.05, 0.1) is 18.3 Å². The molecule has 0 bridgehead atoms. The number of hydrogen-bond acceptors (Lipinski definition) is 3. The number of methoxy groups -OCH3 is 1. The molecule has 0 spiro atoms. The molecule has 0 atom stereocenters. The van der Waals surface area contributed by atoms with E-state index in [1.807, 2.05) is 5.38 Å². The van der Waals surface area contributed by atoms with Gasteiger partial charge in [0.15, 0.2) is 0 Å². The van der Waals surface area contributed by atoms with Gasteiger partial charge >= 0.3 is 0 Å². The van der Waals surface area contributed by atoms with Crippen LogP contribution in [0, 0.1) is 5.82 Å². The van der Waals surface area contributed by atoms with Gasteiger partial charge < -0.3 is 4.74 Å². The van der Waals surface area contributed by atoms with Crippen LogP contribution in [0.4, 0.5) is 4.39 Å². The summed E-state index contributed by atoms with van der Waals surface area (Å²) in [5.41, 5.74) is 3.23. The molecule has 0 saturated heterocycles. The van der Waals surface area contributed by atoms with Gasteiger partial charge in [-0.05, 0) is 12.1 Å². The quantitative estimate of drug-likeness (QED) is 0.758. The Morgan fingerprint density at radius 1 is 1.36 bits per heavy atom. The molecule has 0 aliphatic carbocycles. The van der Waals surface area contributed by atoms with Crippen LogP contribution in [-0.2, 0) is 0 Å². The van der Waals surface area contributed by atoms with Crippen molar-refractivity contribution in [2.24, 2.45) is 0 Å². The molecule has 72 valence electrons. The Balaban J connectivity index is 2.48. The molecule has 1 aromatic carbocycles. The highest BCUT2D eigenvalue weighted by Gasteiger charge is 2.04. The molecule has 0 amide bonds. The minimum absolute atomic E-state index is 0.313. The van der Waals surface area contributed by atoms with Crippen molar-refractivity contribution < 1.29 is 9.13 Å². The van der Waals surface area contributed by atoms with Gasteiger partial charge in [0.1, 0.15) is 11.6 Å². The van der Waals surface area contributed by atoms with Crippen LogP contribution in [0.2, 0.25) is 0 Å². The van der Waals surface area contributed by atoms with E-state index >= 15 is 0 Å². The van der Waals surface area contributed by atoms with Crippen LogP contribution in [0.25, 0.3) is 11.3 Å². The molecule has 0 N–H and O–H groups in total. The van der Waals surface area contributed by atoms with E-state index in [9.17, 15) is 4.39 Å². The van der Waals surface area contributed by atoms with E-state index in [-0.39, 0.29) is 5.82 Å². The van der Waals surface area contributed by atoms with Crippen LogP contribution < -0.4 is 4.74 Å². The summed E-state index contributed by atoms with van der Waals surface area (Å²) >= 11 is 1.48. The van der Waals surface area contributed by atoms with Gasteiger partial charge in [-0.2, -0.15) is 0 Å². The van der Waals surface area contributed by atoms with Gasteiger partial charge in [-0.15, -0.1) is 11.3 Å². The Morgan fingerprint density at radius 3 is 2.86 bits per heavy atom. The summed E-state index contributed by atoms with van der Waals surface area (Å²) in [4.78, 5) is 4.10. The van der Waals surface area contributed by atoms with Crippen molar-refractivity contribution in [2.45, 2.75) is 0 Å². The fraction of sp³-hybridized carbons (Fsp3) is 0.100. The van der Waals surface area contributed by atoms with Crippen molar-refractivity contribution in [3.8, 4) is 17.0 Å². The Kier molecular flexibility index (Phi) is 2.45. The molecule has 1 aromatic heterocycles. The van der Waals surface area contributed by atoms with Crippen LogP contribution in [0.1, 0.15) is 0 Å². The second-order valence-electron chi connectivity index (χ2n) is 2.75. The Bertz CT molecular complexity index is 428. The average Bonchev–Trinajstić information content (AvgIpc) is 2.69. The standard InChI is InChI=1S/C10H8FNOS/c1-13-9-3-7(2-8(11)4-9)10-5-14-6-12-10/h2-6H,1H3. The molecule has 2 aromatic rings. The van der Waals surface area contributed by atoms with Crippen LogP contribution in [-0.4, -0.2) is 12.1 Å². The normalized spacial score (nSPS) is 10.1. The zero-order chi connectivity index (χ0) is 9.97. The van der Waals surface area contributed by atoms with Gasteiger partial charge in [-0.1, -0.05) is 0 Å². The summed E-state index contributed by atoms with van der Waals surface area (Å²) in [5.74, 6) is 0.195. The Morgan fingerprint density at radius 2 is 2.21 bits per heavy atom. The summed E-state index contributed by atoms with van der Waals surface area (Å²) in [6.07, 6.45) is 0. The van der Waals surface area contributed by atoms with Gasteiger partial charge in [-0.25, -0.2) is 9.37 Å². The fourth-order valence-electron chi connectivity index (χ4n) is 1.18. The number of rotatable bonds is 2. The van der Waals surface area contributed by atoms with E-state index in [4.69, 9.17) is 4.74 Å². The highest BCUT2D eigenvalue weighted by Crippen LogP contribution is 2.24. The van der Waals surface area contributed by atoms with Crippen LogP contribution in [0.5, 0.6) is 5.75 Å². The minimum atomic E-state index is -0.313. The number of halogens is 1. The molecular weight excluding hydrogens is 201 g/mol. The van der Waals surface area contributed by atoms with Crippen LogP contribution in [0.15, 0.2) is 29.1 Å². The maximum absolute atomic E-state index is 13.1. The van der Waals surface area contributed by atoms with Gasteiger partial charge in [0.2, 0.25) is 0 Å². The molecule has 0 unspecified atom stereocenters. The molecule has 14 heavy (non-hydrogen) atoms. The highest BCUT2D eigenvalue weighted by molar-refractivity contribution is 7.07. The third-order valence-electron chi connectivity index (χ3n) is 1.84. The van der Waals surface area contributed by atoms with Crippen LogP contribution >= 0.6 is 11.3 Å². The molecule has 0 fully saturated rings. The lowest BCUT2D eigenvalue weighted by Gasteiger charge is -2.02. The largest absolute Gasteiger partial charge is 0.497 e. The third kappa shape index (κ3) is 1.75. The van der Waals surface area contributed by atoms with E-state index in [0.29, 0.717) is 5.75 Å². The van der Waals surface area contributed by atoms with E-state index in [0.717, 1.165) is 11.3 Å². The first kappa shape index (κ1) is 9.15. The van der Waals surface area contributed by atoms with E-state index in [1.54, 1.807) is 11.6 Å². The molecule has 0 radical (unpaired) electrons. The smallest absolute Gasteiger partial charge is 0.127 e. The molecule has 1 heterocycles. The molecule has 0 aliphatic rings. The lowest BCUT2D eigenvalue weighted by Crippen LogP contribution is -1.86.